The van der Waals surface area contributed by atoms with E-state index >= 15 is 0 Å². The molecule has 1 aliphatic rings. The third-order valence-corrected chi connectivity index (χ3v) is 16.0. The van der Waals surface area contributed by atoms with Gasteiger partial charge < -0.3 is 40.3 Å². The van der Waals surface area contributed by atoms with Crippen molar-refractivity contribution in [1.29, 1.82) is 0 Å². The lowest BCUT2D eigenvalue weighted by Gasteiger charge is -2.40. The Bertz CT molecular complexity index is 1550. The Hall–Kier alpha value is -2.63. The molecule has 0 aromatic carbocycles. The summed E-state index contributed by atoms with van der Waals surface area (Å²) in [4.78, 5) is 13.1. The lowest BCUT2D eigenvalue weighted by atomic mass is 9.99. The van der Waals surface area contributed by atoms with E-state index in [-0.39, 0.29) is 12.5 Å². The monoisotopic (exact) mass is 1140 g/mol. The highest BCUT2D eigenvalue weighted by atomic mass is 16.7. The topological polar surface area (TPSA) is 149 Å². The minimum Gasteiger partial charge on any atom is -0.394 e. The largest absolute Gasteiger partial charge is 0.394 e. The minimum absolute atomic E-state index is 0.178. The Balaban J connectivity index is 2.16. The van der Waals surface area contributed by atoms with Crippen molar-refractivity contribution in [2.45, 2.75) is 352 Å². The van der Waals surface area contributed by atoms with Crippen LogP contribution in [0, 0.1) is 0 Å². The van der Waals surface area contributed by atoms with E-state index < -0.39 is 49.5 Å². The van der Waals surface area contributed by atoms with Gasteiger partial charge in [-0.3, -0.25) is 4.79 Å². The van der Waals surface area contributed by atoms with Crippen LogP contribution in [0.4, 0.5) is 0 Å². The molecule has 7 atom stereocenters. The van der Waals surface area contributed by atoms with E-state index in [1.807, 2.05) is 6.08 Å². The van der Waals surface area contributed by atoms with Crippen LogP contribution in [-0.4, -0.2) is 87.5 Å². The van der Waals surface area contributed by atoms with Crippen molar-refractivity contribution in [3.05, 3.63) is 85.1 Å². The van der Waals surface area contributed by atoms with Crippen LogP contribution in [0.1, 0.15) is 309 Å². The number of rotatable bonds is 59. The Kier molecular flexibility index (Phi) is 57.0. The number of hydrogen-bond acceptors (Lipinski definition) is 8. The number of ether oxygens (including phenoxy) is 2. The number of unbranched alkanes of at least 4 members (excludes halogenated alkanes) is 37. The van der Waals surface area contributed by atoms with E-state index in [2.05, 4.69) is 92.1 Å². The lowest BCUT2D eigenvalue weighted by Crippen LogP contribution is -2.60. The molecule has 0 bridgehead atoms. The summed E-state index contributed by atoms with van der Waals surface area (Å²) in [5.41, 5.74) is 0. The van der Waals surface area contributed by atoms with E-state index in [4.69, 9.17) is 9.47 Å². The van der Waals surface area contributed by atoms with Gasteiger partial charge in [0.1, 0.15) is 24.4 Å². The summed E-state index contributed by atoms with van der Waals surface area (Å²) in [6, 6.07) is -0.812. The van der Waals surface area contributed by atoms with Gasteiger partial charge in [-0.1, -0.05) is 317 Å². The summed E-state index contributed by atoms with van der Waals surface area (Å²) < 4.78 is 11.3. The predicted molar refractivity (Wildman–Crippen MR) is 345 cm³/mol. The molecule has 1 saturated heterocycles. The summed E-state index contributed by atoms with van der Waals surface area (Å²) in [7, 11) is 0. The zero-order valence-corrected chi connectivity index (χ0v) is 52.5. The van der Waals surface area contributed by atoms with Gasteiger partial charge in [0.25, 0.3) is 0 Å². The average molecular weight is 1140 g/mol. The van der Waals surface area contributed by atoms with Crippen LogP contribution in [-0.2, 0) is 14.3 Å². The van der Waals surface area contributed by atoms with Crippen molar-refractivity contribution in [2.75, 3.05) is 13.2 Å². The van der Waals surface area contributed by atoms with Crippen LogP contribution in [0.15, 0.2) is 85.1 Å². The summed E-state index contributed by atoms with van der Waals surface area (Å²) in [6.45, 7) is 3.70. The Morgan fingerprint density at radius 1 is 0.432 bits per heavy atom. The molecule has 1 heterocycles. The quantitative estimate of drug-likeness (QED) is 0.0261. The minimum atomic E-state index is -1.57. The highest BCUT2D eigenvalue weighted by Gasteiger charge is 2.44. The van der Waals surface area contributed by atoms with Gasteiger partial charge in [0.15, 0.2) is 6.29 Å². The molecule has 0 saturated carbocycles. The number of hydrogen-bond donors (Lipinski definition) is 6. The number of allylic oxidation sites excluding steroid dienone is 13. The van der Waals surface area contributed by atoms with Crippen LogP contribution < -0.4 is 5.32 Å². The van der Waals surface area contributed by atoms with Crippen molar-refractivity contribution in [1.82, 2.24) is 5.32 Å². The second kappa shape index (κ2) is 60.5. The number of amides is 1. The number of nitrogens with one attached hydrogen (secondary N) is 1. The van der Waals surface area contributed by atoms with Gasteiger partial charge in [0, 0.05) is 6.42 Å². The molecule has 0 aromatic rings. The molecule has 81 heavy (non-hydrogen) atoms. The molecule has 1 rings (SSSR count). The van der Waals surface area contributed by atoms with E-state index in [9.17, 15) is 30.3 Å². The maximum atomic E-state index is 13.1. The molecule has 6 N–H and O–H groups in total. The molecule has 0 aliphatic carbocycles. The fourth-order valence-electron chi connectivity index (χ4n) is 10.6. The zero-order chi connectivity index (χ0) is 58.6. The van der Waals surface area contributed by atoms with Crippen LogP contribution in [0.2, 0.25) is 0 Å². The zero-order valence-electron chi connectivity index (χ0n) is 52.5. The number of aliphatic hydroxyl groups excluding tert-OH is 5. The first-order valence-electron chi connectivity index (χ1n) is 34.3. The lowest BCUT2D eigenvalue weighted by molar-refractivity contribution is -0.302. The highest BCUT2D eigenvalue weighted by molar-refractivity contribution is 5.76. The fraction of sp³-hybridized carbons (Fsp3) is 0.792. The van der Waals surface area contributed by atoms with Crippen molar-refractivity contribution in [3.63, 3.8) is 0 Å². The van der Waals surface area contributed by atoms with Crippen LogP contribution in [0.3, 0.4) is 0 Å². The van der Waals surface area contributed by atoms with Crippen LogP contribution >= 0.6 is 0 Å². The third-order valence-electron chi connectivity index (χ3n) is 16.0. The van der Waals surface area contributed by atoms with Crippen molar-refractivity contribution >= 4 is 5.91 Å². The van der Waals surface area contributed by atoms with Gasteiger partial charge in [-0.25, -0.2) is 0 Å². The molecular weight excluding hydrogens is 1010 g/mol. The van der Waals surface area contributed by atoms with E-state index in [1.54, 1.807) is 6.08 Å². The van der Waals surface area contributed by atoms with Crippen molar-refractivity contribution in [2.24, 2.45) is 0 Å². The maximum absolute atomic E-state index is 13.1. The van der Waals surface area contributed by atoms with E-state index in [0.717, 1.165) is 77.0 Å². The first-order chi connectivity index (χ1) is 39.8. The molecular formula is C72H129NO8. The van der Waals surface area contributed by atoms with Gasteiger partial charge in [0.2, 0.25) is 5.91 Å². The summed E-state index contributed by atoms with van der Waals surface area (Å²) in [5.74, 6) is -0.178. The van der Waals surface area contributed by atoms with E-state index in [1.165, 1.54) is 212 Å². The molecule has 0 spiro atoms. The first-order valence-corrected chi connectivity index (χ1v) is 34.3. The molecule has 0 aromatic heterocycles. The normalized spacial score (nSPS) is 18.9. The van der Waals surface area contributed by atoms with E-state index in [0.29, 0.717) is 6.42 Å². The molecule has 1 aliphatic heterocycles. The molecule has 0 radical (unpaired) electrons. The Morgan fingerprint density at radius 2 is 0.765 bits per heavy atom. The van der Waals surface area contributed by atoms with Gasteiger partial charge in [-0.2, -0.15) is 0 Å². The molecule has 9 heteroatoms. The molecule has 1 amide bonds. The standard InChI is InChI=1S/C72H129NO8/c1-3-5-7-9-11-13-15-17-19-21-23-25-27-29-31-32-33-34-36-38-40-42-44-46-48-50-52-54-56-58-60-62-68(76)73-65(64-80-72-71(79)70(78)69(77)67(63-74)81-72)66(75)61-59-57-55-53-51-49-47-45-43-41-39-37-35-30-28-26-24-22-20-18-16-14-12-10-8-6-4-2/h5,7,11,13,17,19,23,25,29,31,33-34,59,61,65-67,69-72,74-75,77-79H,3-4,6,8-10,12,14-16,18,20-22,24,26-28,30,32,35-58,60,62-64H2,1-2H3,(H,73,76)/b7-5-,13-11-,19-17-,25-23-,31-29-,34-33-,61-59+. The maximum Gasteiger partial charge on any atom is 0.220 e. The van der Waals surface area contributed by atoms with Gasteiger partial charge in [-0.05, 0) is 70.6 Å². The van der Waals surface area contributed by atoms with Crippen LogP contribution in [0.25, 0.3) is 0 Å². The molecule has 470 valence electrons. The van der Waals surface area contributed by atoms with Gasteiger partial charge in [0.05, 0.1) is 25.4 Å². The Morgan fingerprint density at radius 3 is 1.14 bits per heavy atom. The number of carbonyl (C=O) groups is 1. The summed E-state index contributed by atoms with van der Waals surface area (Å²) in [5, 5.41) is 54.8. The smallest absolute Gasteiger partial charge is 0.220 e. The third kappa shape index (κ3) is 49.4. The number of carbonyl (C=O) groups excluding carboxylic acids is 1. The Labute approximate surface area is 499 Å². The fourth-order valence-corrected chi connectivity index (χ4v) is 10.6. The summed E-state index contributed by atoms with van der Waals surface area (Å²) in [6.07, 6.45) is 79.6. The van der Waals surface area contributed by atoms with Gasteiger partial charge >= 0.3 is 0 Å². The molecule has 7 unspecified atom stereocenters. The second-order valence-electron chi connectivity index (χ2n) is 23.6. The van der Waals surface area contributed by atoms with Crippen LogP contribution in [0.5, 0.6) is 0 Å². The van der Waals surface area contributed by atoms with Gasteiger partial charge in [-0.15, -0.1) is 0 Å². The molecule has 1 fully saturated rings. The van der Waals surface area contributed by atoms with Crippen molar-refractivity contribution in [3.8, 4) is 0 Å². The van der Waals surface area contributed by atoms with Crippen molar-refractivity contribution < 1.29 is 39.8 Å². The summed E-state index contributed by atoms with van der Waals surface area (Å²) >= 11 is 0. The molecule has 9 nitrogen and oxygen atoms in total. The highest BCUT2D eigenvalue weighted by Crippen LogP contribution is 2.23. The average Bonchev–Trinajstić information content (AvgIpc) is 3.47. The predicted octanol–water partition coefficient (Wildman–Crippen LogP) is 18.5. The SMILES string of the molecule is CC/C=C\C/C=C\C/C=C\C/C=C\C/C=C\C/C=C\CCCCCCCCCCCCCCC(=O)NC(COC1OC(CO)C(O)C(O)C1O)C(O)/C=C/CCCCCCCCCCCCCCCCCCCCCCCCCCC. The second-order valence-corrected chi connectivity index (χ2v) is 23.6. The number of aliphatic hydroxyl groups is 5. The first kappa shape index (κ1) is 76.4.